The normalized spacial score (nSPS) is 12.5. The first-order valence-electron chi connectivity index (χ1n) is 8.31. The zero-order valence-electron chi connectivity index (χ0n) is 13.3. The summed E-state index contributed by atoms with van der Waals surface area (Å²) in [4.78, 5) is 4.15. The van der Waals surface area contributed by atoms with Crippen molar-refractivity contribution in [2.24, 2.45) is 0 Å². The van der Waals surface area contributed by atoms with Crippen LogP contribution in [0.5, 0.6) is 0 Å². The molecular formula is C18H27N3. The summed E-state index contributed by atoms with van der Waals surface area (Å²) in [5.41, 5.74) is 2.25. The van der Waals surface area contributed by atoms with Crippen molar-refractivity contribution in [3.63, 3.8) is 0 Å². The minimum Gasteiger partial charge on any atom is -0.262 e. The number of aromatic nitrogens is 3. The Morgan fingerprint density at radius 3 is 2.67 bits per heavy atom. The smallest absolute Gasteiger partial charge is 0.0828 e. The van der Waals surface area contributed by atoms with E-state index in [1.165, 1.54) is 44.2 Å². The fourth-order valence-corrected chi connectivity index (χ4v) is 2.74. The third-order valence-electron chi connectivity index (χ3n) is 4.09. The fraction of sp³-hybridized carbons (Fsp3) is 0.556. The van der Waals surface area contributed by atoms with Gasteiger partial charge in [-0.05, 0) is 31.0 Å². The van der Waals surface area contributed by atoms with E-state index < -0.39 is 0 Å². The molecule has 0 N–H and O–H groups in total. The Morgan fingerprint density at radius 2 is 1.95 bits per heavy atom. The van der Waals surface area contributed by atoms with Crippen LogP contribution in [0.4, 0.5) is 0 Å². The summed E-state index contributed by atoms with van der Waals surface area (Å²) in [6, 6.07) is 6.14. The molecule has 114 valence electrons. The van der Waals surface area contributed by atoms with Crippen molar-refractivity contribution in [3.05, 3.63) is 42.5 Å². The lowest BCUT2D eigenvalue weighted by Gasteiger charge is -2.12. The third kappa shape index (κ3) is 4.69. The molecule has 0 radical (unpaired) electrons. The van der Waals surface area contributed by atoms with Crippen molar-refractivity contribution in [2.45, 2.75) is 64.7 Å². The van der Waals surface area contributed by atoms with Crippen molar-refractivity contribution in [1.29, 1.82) is 0 Å². The van der Waals surface area contributed by atoms with E-state index in [4.69, 9.17) is 5.10 Å². The van der Waals surface area contributed by atoms with Crippen molar-refractivity contribution >= 4 is 0 Å². The molecule has 2 rings (SSSR count). The van der Waals surface area contributed by atoms with E-state index in [-0.39, 0.29) is 0 Å². The minimum atomic E-state index is 0.588. The van der Waals surface area contributed by atoms with E-state index in [2.05, 4.69) is 24.9 Å². The molecule has 0 aliphatic rings. The Labute approximate surface area is 128 Å². The Kier molecular flexibility index (Phi) is 6.45. The first kappa shape index (κ1) is 15.7. The monoisotopic (exact) mass is 285 g/mol. The van der Waals surface area contributed by atoms with Crippen LogP contribution in [-0.4, -0.2) is 14.8 Å². The van der Waals surface area contributed by atoms with Gasteiger partial charge >= 0.3 is 0 Å². The predicted molar refractivity (Wildman–Crippen MR) is 87.8 cm³/mol. The van der Waals surface area contributed by atoms with E-state index in [1.807, 2.05) is 29.2 Å². The molecule has 0 aromatic carbocycles. The van der Waals surface area contributed by atoms with Crippen molar-refractivity contribution < 1.29 is 0 Å². The number of unbranched alkanes of at least 4 members (excludes halogenated alkanes) is 4. The highest BCUT2D eigenvalue weighted by molar-refractivity contribution is 5.27. The maximum Gasteiger partial charge on any atom is 0.0828 e. The van der Waals surface area contributed by atoms with E-state index in [0.29, 0.717) is 5.92 Å². The molecule has 2 aromatic heterocycles. The predicted octanol–water partition coefficient (Wildman–Crippen LogP) is 5.12. The standard InChI is InChI=1S/C18H27N3/c1-3-5-6-7-8-10-16(4-2)18-12-14-21(20-18)17-11-9-13-19-15-17/h9,11-16H,3-8,10H2,1-2H3. The quantitative estimate of drug-likeness (QED) is 0.598. The Morgan fingerprint density at radius 1 is 1.10 bits per heavy atom. The fourth-order valence-electron chi connectivity index (χ4n) is 2.74. The van der Waals surface area contributed by atoms with Crippen LogP contribution >= 0.6 is 0 Å². The van der Waals surface area contributed by atoms with Crippen LogP contribution in [0.2, 0.25) is 0 Å². The zero-order chi connectivity index (χ0) is 14.9. The lowest BCUT2D eigenvalue weighted by Crippen LogP contribution is -2.01. The number of hydrogen-bond acceptors (Lipinski definition) is 2. The largest absolute Gasteiger partial charge is 0.262 e. The molecule has 0 spiro atoms. The molecule has 21 heavy (non-hydrogen) atoms. The van der Waals surface area contributed by atoms with Crippen molar-refractivity contribution in [2.75, 3.05) is 0 Å². The van der Waals surface area contributed by atoms with Crippen LogP contribution in [0.25, 0.3) is 5.69 Å². The second-order valence-electron chi connectivity index (χ2n) is 5.70. The highest BCUT2D eigenvalue weighted by Gasteiger charge is 2.12. The molecule has 3 heteroatoms. The summed E-state index contributed by atoms with van der Waals surface area (Å²) >= 11 is 0. The molecular weight excluding hydrogens is 258 g/mol. The molecule has 1 atom stereocenters. The van der Waals surface area contributed by atoms with Crippen LogP contribution in [0, 0.1) is 0 Å². The Hall–Kier alpha value is -1.64. The van der Waals surface area contributed by atoms with E-state index >= 15 is 0 Å². The SMILES string of the molecule is CCCCCCCC(CC)c1ccn(-c2cccnc2)n1. The molecule has 0 aliphatic heterocycles. The van der Waals surface area contributed by atoms with Crippen LogP contribution in [0.3, 0.4) is 0 Å². The third-order valence-corrected chi connectivity index (χ3v) is 4.09. The summed E-state index contributed by atoms with van der Waals surface area (Å²) in [5, 5.41) is 4.74. The van der Waals surface area contributed by atoms with Gasteiger partial charge in [0.25, 0.3) is 0 Å². The molecule has 3 nitrogen and oxygen atoms in total. The maximum atomic E-state index is 4.74. The van der Waals surface area contributed by atoms with Gasteiger partial charge in [0.15, 0.2) is 0 Å². The second-order valence-corrected chi connectivity index (χ2v) is 5.70. The topological polar surface area (TPSA) is 30.7 Å². The molecule has 2 aromatic rings. The molecule has 0 saturated carbocycles. The van der Waals surface area contributed by atoms with Crippen LogP contribution in [0.1, 0.15) is 70.4 Å². The van der Waals surface area contributed by atoms with Gasteiger partial charge in [0.05, 0.1) is 17.6 Å². The summed E-state index contributed by atoms with van der Waals surface area (Å²) in [6.45, 7) is 4.53. The second kappa shape index (κ2) is 8.60. The Bertz CT molecular complexity index is 504. The van der Waals surface area contributed by atoms with Gasteiger partial charge in [0.1, 0.15) is 0 Å². The first-order chi connectivity index (χ1) is 10.3. The number of rotatable bonds is 9. The molecule has 0 amide bonds. The summed E-state index contributed by atoms with van der Waals surface area (Å²) in [6.07, 6.45) is 14.8. The van der Waals surface area contributed by atoms with Gasteiger partial charge in [-0.15, -0.1) is 0 Å². The summed E-state index contributed by atoms with van der Waals surface area (Å²) in [7, 11) is 0. The lowest BCUT2D eigenvalue weighted by molar-refractivity contribution is 0.524. The van der Waals surface area contributed by atoms with Gasteiger partial charge in [-0.1, -0.05) is 46.0 Å². The number of nitrogens with zero attached hydrogens (tertiary/aromatic N) is 3. The number of hydrogen-bond donors (Lipinski definition) is 0. The molecule has 0 fully saturated rings. The average molecular weight is 285 g/mol. The average Bonchev–Trinajstić information content (AvgIpc) is 3.01. The molecule has 0 bridgehead atoms. The van der Waals surface area contributed by atoms with E-state index in [1.54, 1.807) is 6.20 Å². The molecule has 2 heterocycles. The molecule has 0 aliphatic carbocycles. The van der Waals surface area contributed by atoms with Crippen molar-refractivity contribution in [3.8, 4) is 5.69 Å². The van der Waals surface area contributed by atoms with Gasteiger partial charge in [-0.3, -0.25) is 4.98 Å². The maximum absolute atomic E-state index is 4.74. The van der Waals surface area contributed by atoms with E-state index in [0.717, 1.165) is 12.1 Å². The summed E-state index contributed by atoms with van der Waals surface area (Å²) < 4.78 is 1.93. The first-order valence-corrected chi connectivity index (χ1v) is 8.31. The lowest BCUT2D eigenvalue weighted by atomic mass is 9.95. The van der Waals surface area contributed by atoms with Crippen LogP contribution < -0.4 is 0 Å². The Balaban J connectivity index is 1.92. The van der Waals surface area contributed by atoms with Crippen LogP contribution in [-0.2, 0) is 0 Å². The van der Waals surface area contributed by atoms with Crippen molar-refractivity contribution in [1.82, 2.24) is 14.8 Å². The molecule has 1 unspecified atom stereocenters. The van der Waals surface area contributed by atoms with Crippen LogP contribution in [0.15, 0.2) is 36.8 Å². The van der Waals surface area contributed by atoms with Gasteiger partial charge < -0.3 is 0 Å². The minimum absolute atomic E-state index is 0.588. The van der Waals surface area contributed by atoms with Gasteiger partial charge in [-0.25, -0.2) is 4.68 Å². The highest BCUT2D eigenvalue weighted by Crippen LogP contribution is 2.25. The zero-order valence-corrected chi connectivity index (χ0v) is 13.3. The van der Waals surface area contributed by atoms with Gasteiger partial charge in [-0.2, -0.15) is 5.10 Å². The van der Waals surface area contributed by atoms with Gasteiger partial charge in [0.2, 0.25) is 0 Å². The number of pyridine rings is 1. The highest BCUT2D eigenvalue weighted by atomic mass is 15.3. The molecule has 0 saturated heterocycles. The summed E-state index contributed by atoms with van der Waals surface area (Å²) in [5.74, 6) is 0.588. The van der Waals surface area contributed by atoms with E-state index in [9.17, 15) is 0 Å². The van der Waals surface area contributed by atoms with Gasteiger partial charge in [0, 0.05) is 18.3 Å².